The average Bonchev–Trinajstić information content (AvgIpc) is 3.01. The van der Waals surface area contributed by atoms with Gasteiger partial charge in [-0.15, -0.1) is 0 Å². The van der Waals surface area contributed by atoms with Crippen LogP contribution in [0.3, 0.4) is 0 Å². The van der Waals surface area contributed by atoms with E-state index < -0.39 is 0 Å². The molecule has 18 heavy (non-hydrogen) atoms. The zero-order valence-corrected chi connectivity index (χ0v) is 11.6. The second-order valence-electron chi connectivity index (χ2n) is 6.21. The Hall–Kier alpha value is -0.830. The molecule has 1 aromatic rings. The maximum absolute atomic E-state index is 4.42. The van der Waals surface area contributed by atoms with Gasteiger partial charge in [0.2, 0.25) is 0 Å². The molecular formula is C15H25N3. The molecule has 1 saturated carbocycles. The third-order valence-electron chi connectivity index (χ3n) is 5.13. The topological polar surface area (TPSA) is 29.9 Å². The number of imidazole rings is 1. The van der Waals surface area contributed by atoms with E-state index in [-0.39, 0.29) is 0 Å². The Balaban J connectivity index is 1.85. The summed E-state index contributed by atoms with van der Waals surface area (Å²) in [7, 11) is 0. The molecular weight excluding hydrogens is 222 g/mol. The Kier molecular flexibility index (Phi) is 3.42. The molecule has 3 nitrogen and oxygen atoms in total. The number of aromatic nitrogens is 2. The molecule has 0 radical (unpaired) electrons. The number of rotatable bonds is 2. The first-order valence-corrected chi connectivity index (χ1v) is 7.52. The van der Waals surface area contributed by atoms with Gasteiger partial charge in [-0.05, 0) is 37.6 Å². The van der Waals surface area contributed by atoms with Crippen LogP contribution in [0.5, 0.6) is 0 Å². The van der Waals surface area contributed by atoms with Gasteiger partial charge < -0.3 is 9.88 Å². The van der Waals surface area contributed by atoms with E-state index in [0.717, 1.165) is 18.4 Å². The van der Waals surface area contributed by atoms with Crippen LogP contribution in [0.4, 0.5) is 0 Å². The van der Waals surface area contributed by atoms with Crippen molar-refractivity contribution in [1.82, 2.24) is 14.9 Å². The Morgan fingerprint density at radius 2 is 2.11 bits per heavy atom. The standard InChI is InChI=1S/C15H25N3/c1-11-5-3-7-14(12(11)2)18-10-16-9-15(18)13-6-4-8-17-13/h9-14,17H,3-8H2,1-2H3. The molecule has 2 fully saturated rings. The molecule has 1 saturated heterocycles. The van der Waals surface area contributed by atoms with E-state index in [4.69, 9.17) is 0 Å². The third kappa shape index (κ3) is 2.09. The van der Waals surface area contributed by atoms with Gasteiger partial charge in [-0.1, -0.05) is 26.7 Å². The average molecular weight is 247 g/mol. The molecule has 1 aromatic heterocycles. The van der Waals surface area contributed by atoms with Crippen LogP contribution in [-0.2, 0) is 0 Å². The van der Waals surface area contributed by atoms with Crippen LogP contribution < -0.4 is 5.32 Å². The fourth-order valence-electron chi connectivity index (χ4n) is 3.75. The highest BCUT2D eigenvalue weighted by Gasteiger charge is 2.31. The molecule has 1 aliphatic heterocycles. The van der Waals surface area contributed by atoms with E-state index in [1.165, 1.54) is 37.8 Å². The zero-order valence-electron chi connectivity index (χ0n) is 11.6. The summed E-state index contributed by atoms with van der Waals surface area (Å²) in [5.74, 6) is 1.61. The van der Waals surface area contributed by atoms with E-state index in [1.54, 1.807) is 0 Å². The summed E-state index contributed by atoms with van der Waals surface area (Å²) >= 11 is 0. The van der Waals surface area contributed by atoms with Crippen molar-refractivity contribution >= 4 is 0 Å². The van der Waals surface area contributed by atoms with Gasteiger partial charge in [-0.25, -0.2) is 4.98 Å². The van der Waals surface area contributed by atoms with Crippen LogP contribution in [0.2, 0.25) is 0 Å². The first-order chi connectivity index (χ1) is 8.77. The fraction of sp³-hybridized carbons (Fsp3) is 0.800. The van der Waals surface area contributed by atoms with Crippen LogP contribution in [0.1, 0.15) is 63.7 Å². The Labute approximate surface area is 110 Å². The lowest BCUT2D eigenvalue weighted by atomic mass is 9.78. The van der Waals surface area contributed by atoms with E-state index in [0.29, 0.717) is 12.1 Å². The van der Waals surface area contributed by atoms with E-state index in [9.17, 15) is 0 Å². The van der Waals surface area contributed by atoms with E-state index >= 15 is 0 Å². The number of nitrogens with zero attached hydrogens (tertiary/aromatic N) is 2. The predicted octanol–water partition coefficient (Wildman–Crippen LogP) is 3.30. The minimum Gasteiger partial charge on any atom is -0.330 e. The molecule has 1 aliphatic carbocycles. The minimum absolute atomic E-state index is 0.539. The fourth-order valence-corrected chi connectivity index (χ4v) is 3.75. The highest BCUT2D eigenvalue weighted by molar-refractivity contribution is 5.09. The lowest BCUT2D eigenvalue weighted by Gasteiger charge is -2.36. The second kappa shape index (κ2) is 5.04. The van der Waals surface area contributed by atoms with Crippen molar-refractivity contribution < 1.29 is 0 Å². The lowest BCUT2D eigenvalue weighted by Crippen LogP contribution is -2.29. The lowest BCUT2D eigenvalue weighted by molar-refractivity contribution is 0.181. The molecule has 3 heteroatoms. The van der Waals surface area contributed by atoms with Gasteiger partial charge in [0, 0.05) is 18.3 Å². The molecule has 4 unspecified atom stereocenters. The van der Waals surface area contributed by atoms with Crippen molar-refractivity contribution in [1.29, 1.82) is 0 Å². The molecule has 0 bridgehead atoms. The van der Waals surface area contributed by atoms with Gasteiger partial charge >= 0.3 is 0 Å². The maximum atomic E-state index is 4.42. The van der Waals surface area contributed by atoms with Crippen molar-refractivity contribution in [3.8, 4) is 0 Å². The monoisotopic (exact) mass is 247 g/mol. The van der Waals surface area contributed by atoms with Crippen molar-refractivity contribution in [3.63, 3.8) is 0 Å². The van der Waals surface area contributed by atoms with Gasteiger partial charge in [0.1, 0.15) is 0 Å². The van der Waals surface area contributed by atoms with E-state index in [2.05, 4.69) is 41.2 Å². The van der Waals surface area contributed by atoms with Crippen LogP contribution in [0, 0.1) is 11.8 Å². The molecule has 2 heterocycles. The highest BCUT2D eigenvalue weighted by atomic mass is 15.1. The van der Waals surface area contributed by atoms with Crippen LogP contribution in [-0.4, -0.2) is 16.1 Å². The molecule has 2 aliphatic rings. The molecule has 0 spiro atoms. The largest absolute Gasteiger partial charge is 0.330 e. The number of hydrogen-bond acceptors (Lipinski definition) is 2. The summed E-state index contributed by atoms with van der Waals surface area (Å²) in [5.41, 5.74) is 1.42. The normalized spacial score (nSPS) is 37.0. The summed E-state index contributed by atoms with van der Waals surface area (Å²) in [5, 5.41) is 3.60. The zero-order chi connectivity index (χ0) is 12.5. The summed E-state index contributed by atoms with van der Waals surface area (Å²) in [6.45, 7) is 5.98. The summed E-state index contributed by atoms with van der Waals surface area (Å²) in [6.07, 6.45) is 10.8. The van der Waals surface area contributed by atoms with Crippen molar-refractivity contribution in [3.05, 3.63) is 18.2 Å². The molecule has 0 aromatic carbocycles. The molecule has 3 rings (SSSR count). The van der Waals surface area contributed by atoms with Crippen LogP contribution >= 0.6 is 0 Å². The Morgan fingerprint density at radius 3 is 2.89 bits per heavy atom. The van der Waals surface area contributed by atoms with Gasteiger partial charge in [0.15, 0.2) is 0 Å². The van der Waals surface area contributed by atoms with Gasteiger partial charge in [0.25, 0.3) is 0 Å². The first-order valence-electron chi connectivity index (χ1n) is 7.52. The number of hydrogen-bond donors (Lipinski definition) is 1. The molecule has 100 valence electrons. The Bertz CT molecular complexity index is 392. The van der Waals surface area contributed by atoms with Crippen LogP contribution in [0.25, 0.3) is 0 Å². The first kappa shape index (κ1) is 12.2. The van der Waals surface area contributed by atoms with Crippen LogP contribution in [0.15, 0.2) is 12.5 Å². The summed E-state index contributed by atoms with van der Waals surface area (Å²) in [4.78, 5) is 4.42. The highest BCUT2D eigenvalue weighted by Crippen LogP contribution is 2.39. The van der Waals surface area contributed by atoms with Crippen molar-refractivity contribution in [2.75, 3.05) is 6.54 Å². The van der Waals surface area contributed by atoms with Gasteiger partial charge in [-0.2, -0.15) is 0 Å². The molecule has 4 atom stereocenters. The van der Waals surface area contributed by atoms with Crippen molar-refractivity contribution in [2.45, 2.75) is 58.0 Å². The quantitative estimate of drug-likeness (QED) is 0.869. The second-order valence-corrected chi connectivity index (χ2v) is 6.21. The minimum atomic E-state index is 0.539. The third-order valence-corrected chi connectivity index (χ3v) is 5.13. The SMILES string of the molecule is CC1CCCC(n2cncc2C2CCCN2)C1C. The molecule has 0 amide bonds. The van der Waals surface area contributed by atoms with Crippen molar-refractivity contribution in [2.24, 2.45) is 11.8 Å². The predicted molar refractivity (Wildman–Crippen MR) is 73.4 cm³/mol. The molecule has 1 N–H and O–H groups in total. The van der Waals surface area contributed by atoms with Gasteiger partial charge in [0.05, 0.1) is 12.0 Å². The Morgan fingerprint density at radius 1 is 1.22 bits per heavy atom. The van der Waals surface area contributed by atoms with E-state index in [1.807, 2.05) is 0 Å². The smallest absolute Gasteiger partial charge is 0.0951 e. The van der Waals surface area contributed by atoms with Gasteiger partial charge in [-0.3, -0.25) is 0 Å². The summed E-state index contributed by atoms with van der Waals surface area (Å²) < 4.78 is 2.48. The maximum Gasteiger partial charge on any atom is 0.0951 e. The summed E-state index contributed by atoms with van der Waals surface area (Å²) in [6, 6.07) is 1.20. The number of nitrogens with one attached hydrogen (secondary N) is 1.